The van der Waals surface area contributed by atoms with Gasteiger partial charge < -0.3 is 13.7 Å². The molecule has 1 amide bonds. The SMILES string of the molecule is O=C(N/N=C/c1ccc(N2CCCCC2)o1)c1cc2cc([N+](=O)[O-])ccc2o1. The number of hydrogen-bond donors (Lipinski definition) is 1. The third-order valence-electron chi connectivity index (χ3n) is 4.57. The molecular weight excluding hydrogens is 364 g/mol. The topological polar surface area (TPSA) is 114 Å². The van der Waals surface area contributed by atoms with Gasteiger partial charge in [-0.25, -0.2) is 5.43 Å². The summed E-state index contributed by atoms with van der Waals surface area (Å²) in [5, 5.41) is 15.2. The Morgan fingerprint density at radius 1 is 1.14 bits per heavy atom. The quantitative estimate of drug-likeness (QED) is 0.409. The first-order valence-corrected chi connectivity index (χ1v) is 8.96. The zero-order valence-electron chi connectivity index (χ0n) is 15.0. The molecule has 0 unspecified atom stereocenters. The van der Waals surface area contributed by atoms with Gasteiger partial charge in [0.25, 0.3) is 5.69 Å². The van der Waals surface area contributed by atoms with Crippen molar-refractivity contribution in [3.63, 3.8) is 0 Å². The Bertz CT molecular complexity index is 1050. The summed E-state index contributed by atoms with van der Waals surface area (Å²) in [4.78, 5) is 24.7. The minimum Gasteiger partial charge on any atom is -0.451 e. The molecule has 0 saturated carbocycles. The Balaban J connectivity index is 1.40. The maximum Gasteiger partial charge on any atom is 0.307 e. The van der Waals surface area contributed by atoms with Gasteiger partial charge in [-0.05, 0) is 37.5 Å². The van der Waals surface area contributed by atoms with E-state index in [2.05, 4.69) is 15.4 Å². The van der Waals surface area contributed by atoms with E-state index in [0.29, 0.717) is 16.7 Å². The molecule has 9 nitrogen and oxygen atoms in total. The van der Waals surface area contributed by atoms with Gasteiger partial charge in [0, 0.05) is 36.7 Å². The minimum atomic E-state index is -0.557. The number of piperidine rings is 1. The molecule has 0 atom stereocenters. The summed E-state index contributed by atoms with van der Waals surface area (Å²) in [5.41, 5.74) is 2.68. The smallest absolute Gasteiger partial charge is 0.307 e. The number of carbonyl (C=O) groups excluding carboxylic acids is 1. The van der Waals surface area contributed by atoms with Gasteiger partial charge in [0.2, 0.25) is 0 Å². The number of furan rings is 2. The van der Waals surface area contributed by atoms with Crippen LogP contribution in [0.25, 0.3) is 11.0 Å². The second-order valence-electron chi connectivity index (χ2n) is 6.51. The van der Waals surface area contributed by atoms with Crippen molar-refractivity contribution in [1.29, 1.82) is 0 Å². The largest absolute Gasteiger partial charge is 0.451 e. The first-order valence-electron chi connectivity index (χ1n) is 8.96. The van der Waals surface area contributed by atoms with Crippen LogP contribution >= 0.6 is 0 Å². The molecule has 4 rings (SSSR count). The van der Waals surface area contributed by atoms with Crippen molar-refractivity contribution in [1.82, 2.24) is 5.43 Å². The highest BCUT2D eigenvalue weighted by Crippen LogP contribution is 2.24. The second-order valence-corrected chi connectivity index (χ2v) is 6.51. The van der Waals surface area contributed by atoms with Crippen molar-refractivity contribution in [2.24, 2.45) is 5.10 Å². The van der Waals surface area contributed by atoms with Gasteiger partial charge in [-0.15, -0.1) is 0 Å². The molecule has 0 aliphatic carbocycles. The van der Waals surface area contributed by atoms with Crippen LogP contribution in [0.5, 0.6) is 0 Å². The number of nitro benzene ring substituents is 1. The highest BCUT2D eigenvalue weighted by Gasteiger charge is 2.15. The first kappa shape index (κ1) is 17.8. The summed E-state index contributed by atoms with van der Waals surface area (Å²) in [6, 6.07) is 9.25. The Morgan fingerprint density at radius 3 is 2.75 bits per heavy atom. The standard InChI is InChI=1S/C19H18N4O5/c24-19(17-11-13-10-14(23(25)26)4-6-16(13)28-17)21-20-12-15-5-7-18(27-15)22-8-2-1-3-9-22/h4-7,10-12H,1-3,8-9H2,(H,21,24)/b20-12+. The van der Waals surface area contributed by atoms with Crippen LogP contribution in [0.3, 0.4) is 0 Å². The normalized spacial score (nSPS) is 14.6. The molecule has 1 aromatic carbocycles. The van der Waals surface area contributed by atoms with Crippen molar-refractivity contribution in [3.05, 3.63) is 58.0 Å². The van der Waals surface area contributed by atoms with E-state index < -0.39 is 10.8 Å². The lowest BCUT2D eigenvalue weighted by Crippen LogP contribution is -2.28. The molecule has 2 aromatic heterocycles. The van der Waals surface area contributed by atoms with Crippen molar-refractivity contribution in [2.45, 2.75) is 19.3 Å². The predicted molar refractivity (Wildman–Crippen MR) is 103 cm³/mol. The van der Waals surface area contributed by atoms with Gasteiger partial charge in [0.15, 0.2) is 11.6 Å². The van der Waals surface area contributed by atoms with E-state index in [9.17, 15) is 14.9 Å². The molecule has 1 fully saturated rings. The van der Waals surface area contributed by atoms with Crippen LogP contribution in [-0.2, 0) is 0 Å². The summed E-state index contributed by atoms with van der Waals surface area (Å²) in [6.07, 6.45) is 4.97. The number of nitro groups is 1. The number of non-ortho nitro benzene ring substituents is 1. The molecule has 1 N–H and O–H groups in total. The van der Waals surface area contributed by atoms with Crippen molar-refractivity contribution in [3.8, 4) is 0 Å². The number of fused-ring (bicyclic) bond motifs is 1. The molecule has 3 aromatic rings. The van der Waals surface area contributed by atoms with Gasteiger partial charge in [0.1, 0.15) is 11.3 Å². The zero-order chi connectivity index (χ0) is 19.5. The number of hydrogen-bond acceptors (Lipinski definition) is 7. The molecule has 0 bridgehead atoms. The molecule has 3 heterocycles. The number of anilines is 1. The van der Waals surface area contributed by atoms with E-state index in [0.717, 1.165) is 31.8 Å². The lowest BCUT2D eigenvalue weighted by molar-refractivity contribution is -0.384. The fourth-order valence-electron chi connectivity index (χ4n) is 3.16. The summed E-state index contributed by atoms with van der Waals surface area (Å²) in [6.45, 7) is 1.95. The van der Waals surface area contributed by atoms with E-state index in [1.165, 1.54) is 36.9 Å². The Morgan fingerprint density at radius 2 is 1.96 bits per heavy atom. The lowest BCUT2D eigenvalue weighted by atomic mass is 10.1. The third-order valence-corrected chi connectivity index (χ3v) is 4.57. The number of nitrogens with one attached hydrogen (secondary N) is 1. The van der Waals surface area contributed by atoms with Crippen LogP contribution in [0.15, 0.2) is 50.3 Å². The predicted octanol–water partition coefficient (Wildman–Crippen LogP) is 3.69. The van der Waals surface area contributed by atoms with E-state index in [1.54, 1.807) is 6.07 Å². The fourth-order valence-corrected chi connectivity index (χ4v) is 3.16. The molecule has 0 radical (unpaired) electrons. The number of benzene rings is 1. The molecule has 0 spiro atoms. The highest BCUT2D eigenvalue weighted by atomic mass is 16.6. The third kappa shape index (κ3) is 3.73. The first-order chi connectivity index (χ1) is 13.6. The van der Waals surface area contributed by atoms with E-state index in [4.69, 9.17) is 8.83 Å². The number of rotatable bonds is 5. The van der Waals surface area contributed by atoms with Gasteiger partial charge in [-0.1, -0.05) is 0 Å². The number of hydrazone groups is 1. The van der Waals surface area contributed by atoms with E-state index in [1.807, 2.05) is 6.07 Å². The second kappa shape index (κ2) is 7.55. The zero-order valence-corrected chi connectivity index (χ0v) is 15.0. The van der Waals surface area contributed by atoms with Crippen LogP contribution in [0, 0.1) is 10.1 Å². The van der Waals surface area contributed by atoms with Crippen molar-refractivity contribution < 1.29 is 18.6 Å². The number of carbonyl (C=O) groups is 1. The van der Waals surface area contributed by atoms with Crippen molar-refractivity contribution >= 4 is 34.7 Å². The molecule has 9 heteroatoms. The van der Waals surface area contributed by atoms with Crippen LogP contribution in [0.2, 0.25) is 0 Å². The average molecular weight is 382 g/mol. The minimum absolute atomic E-state index is 0.0149. The van der Waals surface area contributed by atoms with Gasteiger partial charge >= 0.3 is 5.91 Å². The summed E-state index contributed by atoms with van der Waals surface area (Å²) in [5.74, 6) is 0.784. The maximum absolute atomic E-state index is 12.2. The van der Waals surface area contributed by atoms with Crippen LogP contribution in [0.4, 0.5) is 11.6 Å². The summed E-state index contributed by atoms with van der Waals surface area (Å²) in [7, 11) is 0. The fraction of sp³-hybridized carbons (Fsp3) is 0.263. The highest BCUT2D eigenvalue weighted by molar-refractivity contribution is 5.96. The number of nitrogens with zero attached hydrogens (tertiary/aromatic N) is 3. The van der Waals surface area contributed by atoms with Gasteiger partial charge in [-0.3, -0.25) is 14.9 Å². The summed E-state index contributed by atoms with van der Waals surface area (Å²) >= 11 is 0. The Labute approximate surface area is 159 Å². The molecule has 1 saturated heterocycles. The molecule has 1 aliphatic rings. The monoisotopic (exact) mass is 382 g/mol. The van der Waals surface area contributed by atoms with Crippen LogP contribution in [0.1, 0.15) is 35.6 Å². The average Bonchev–Trinajstić information content (AvgIpc) is 3.35. The summed E-state index contributed by atoms with van der Waals surface area (Å²) < 4.78 is 11.1. The van der Waals surface area contributed by atoms with Crippen LogP contribution < -0.4 is 10.3 Å². The van der Waals surface area contributed by atoms with Gasteiger partial charge in [0.05, 0.1) is 11.1 Å². The Kier molecular flexibility index (Phi) is 4.79. The van der Waals surface area contributed by atoms with Crippen molar-refractivity contribution in [2.75, 3.05) is 18.0 Å². The Hall–Kier alpha value is -3.62. The molecule has 1 aliphatic heterocycles. The molecular formula is C19H18N4O5. The lowest BCUT2D eigenvalue weighted by Gasteiger charge is -2.25. The maximum atomic E-state index is 12.2. The molecule has 144 valence electrons. The molecule has 28 heavy (non-hydrogen) atoms. The van der Waals surface area contributed by atoms with Gasteiger partial charge in [-0.2, -0.15) is 5.10 Å². The van der Waals surface area contributed by atoms with E-state index in [-0.39, 0.29) is 11.4 Å². The van der Waals surface area contributed by atoms with E-state index >= 15 is 0 Å². The van der Waals surface area contributed by atoms with Crippen LogP contribution in [-0.4, -0.2) is 30.1 Å². The number of amides is 1.